The fourth-order valence-corrected chi connectivity index (χ4v) is 1.85. The SMILES string of the molecule is CC[C@@H](O)CCCC1(O)CCCCO1. The average molecular weight is 202 g/mol. The zero-order valence-corrected chi connectivity index (χ0v) is 9.04. The largest absolute Gasteiger partial charge is 0.393 e. The van der Waals surface area contributed by atoms with Crippen LogP contribution in [0.2, 0.25) is 0 Å². The van der Waals surface area contributed by atoms with Gasteiger partial charge in [-0.05, 0) is 32.1 Å². The third-order valence-corrected chi connectivity index (χ3v) is 2.91. The molecule has 0 aromatic heterocycles. The van der Waals surface area contributed by atoms with Crippen LogP contribution in [0.15, 0.2) is 0 Å². The molecule has 2 atom stereocenters. The first-order valence-electron chi connectivity index (χ1n) is 5.71. The van der Waals surface area contributed by atoms with Crippen LogP contribution in [0.1, 0.15) is 51.9 Å². The van der Waals surface area contributed by atoms with E-state index in [2.05, 4.69) is 0 Å². The Labute approximate surface area is 86.1 Å². The molecule has 3 nitrogen and oxygen atoms in total. The van der Waals surface area contributed by atoms with Crippen LogP contribution >= 0.6 is 0 Å². The Kier molecular flexibility index (Phi) is 4.85. The highest BCUT2D eigenvalue weighted by atomic mass is 16.6. The quantitative estimate of drug-likeness (QED) is 0.715. The van der Waals surface area contributed by atoms with E-state index in [1.165, 1.54) is 0 Å². The van der Waals surface area contributed by atoms with E-state index in [1.807, 2.05) is 6.92 Å². The molecule has 2 N–H and O–H groups in total. The first-order chi connectivity index (χ1) is 6.66. The van der Waals surface area contributed by atoms with Gasteiger partial charge in [0.05, 0.1) is 12.7 Å². The van der Waals surface area contributed by atoms with Crippen molar-refractivity contribution < 1.29 is 14.9 Å². The van der Waals surface area contributed by atoms with E-state index in [9.17, 15) is 10.2 Å². The van der Waals surface area contributed by atoms with Crippen LogP contribution in [0.4, 0.5) is 0 Å². The lowest BCUT2D eigenvalue weighted by Crippen LogP contribution is -2.36. The summed E-state index contributed by atoms with van der Waals surface area (Å²) in [7, 11) is 0. The van der Waals surface area contributed by atoms with Crippen molar-refractivity contribution in [2.45, 2.75) is 63.8 Å². The van der Waals surface area contributed by atoms with Gasteiger partial charge in [0.2, 0.25) is 0 Å². The van der Waals surface area contributed by atoms with Crippen molar-refractivity contribution in [3.05, 3.63) is 0 Å². The lowest BCUT2D eigenvalue weighted by molar-refractivity contribution is -0.229. The highest BCUT2D eigenvalue weighted by molar-refractivity contribution is 4.72. The van der Waals surface area contributed by atoms with Gasteiger partial charge in [0.15, 0.2) is 5.79 Å². The molecule has 1 aliphatic heterocycles. The van der Waals surface area contributed by atoms with E-state index < -0.39 is 5.79 Å². The van der Waals surface area contributed by atoms with Crippen molar-refractivity contribution in [1.29, 1.82) is 0 Å². The molecular formula is C11H22O3. The van der Waals surface area contributed by atoms with Crippen molar-refractivity contribution in [2.24, 2.45) is 0 Å². The summed E-state index contributed by atoms with van der Waals surface area (Å²) in [6.07, 6.45) is 5.68. The molecule has 0 amide bonds. The monoisotopic (exact) mass is 202 g/mol. The van der Waals surface area contributed by atoms with E-state index in [-0.39, 0.29) is 6.10 Å². The summed E-state index contributed by atoms with van der Waals surface area (Å²) in [6.45, 7) is 2.64. The minimum absolute atomic E-state index is 0.220. The fraction of sp³-hybridized carbons (Fsp3) is 1.00. The predicted octanol–water partition coefficient (Wildman–Crippen LogP) is 1.82. The molecule has 1 unspecified atom stereocenters. The Hall–Kier alpha value is -0.120. The smallest absolute Gasteiger partial charge is 0.165 e. The topological polar surface area (TPSA) is 49.7 Å². The maximum absolute atomic E-state index is 9.95. The van der Waals surface area contributed by atoms with Gasteiger partial charge in [-0.25, -0.2) is 0 Å². The van der Waals surface area contributed by atoms with Gasteiger partial charge in [-0.2, -0.15) is 0 Å². The second-order valence-corrected chi connectivity index (χ2v) is 4.21. The highest BCUT2D eigenvalue weighted by Gasteiger charge is 2.29. The average Bonchev–Trinajstić information content (AvgIpc) is 2.18. The first-order valence-corrected chi connectivity index (χ1v) is 5.71. The van der Waals surface area contributed by atoms with Gasteiger partial charge in [0.1, 0.15) is 0 Å². The molecule has 1 saturated heterocycles. The molecule has 0 aromatic rings. The molecule has 0 aromatic carbocycles. The molecule has 1 fully saturated rings. The van der Waals surface area contributed by atoms with Crippen LogP contribution in [0, 0.1) is 0 Å². The number of aliphatic hydroxyl groups is 2. The van der Waals surface area contributed by atoms with Gasteiger partial charge in [-0.1, -0.05) is 6.92 Å². The Balaban J connectivity index is 2.15. The third kappa shape index (κ3) is 3.95. The van der Waals surface area contributed by atoms with Crippen LogP contribution in [0.3, 0.4) is 0 Å². The van der Waals surface area contributed by atoms with Gasteiger partial charge in [0, 0.05) is 12.8 Å². The summed E-state index contributed by atoms with van der Waals surface area (Å²) in [6, 6.07) is 0. The van der Waals surface area contributed by atoms with Crippen molar-refractivity contribution in [3.8, 4) is 0 Å². The number of rotatable bonds is 5. The second-order valence-electron chi connectivity index (χ2n) is 4.21. The van der Waals surface area contributed by atoms with E-state index >= 15 is 0 Å². The van der Waals surface area contributed by atoms with Gasteiger partial charge in [0.25, 0.3) is 0 Å². The predicted molar refractivity (Wildman–Crippen MR) is 54.9 cm³/mol. The summed E-state index contributed by atoms with van der Waals surface area (Å²) < 4.78 is 5.35. The number of aliphatic hydroxyl groups excluding tert-OH is 1. The van der Waals surface area contributed by atoms with Crippen molar-refractivity contribution in [3.63, 3.8) is 0 Å². The Morgan fingerprint density at radius 2 is 2.21 bits per heavy atom. The van der Waals surface area contributed by atoms with Gasteiger partial charge < -0.3 is 14.9 Å². The zero-order chi connectivity index (χ0) is 10.4. The molecular weight excluding hydrogens is 180 g/mol. The van der Waals surface area contributed by atoms with E-state index in [4.69, 9.17) is 4.74 Å². The Morgan fingerprint density at radius 1 is 1.43 bits per heavy atom. The molecule has 0 spiro atoms. The normalized spacial score (nSPS) is 30.2. The molecule has 0 radical (unpaired) electrons. The van der Waals surface area contributed by atoms with Crippen molar-refractivity contribution in [1.82, 2.24) is 0 Å². The minimum atomic E-state index is -0.897. The Bertz CT molecular complexity index is 153. The van der Waals surface area contributed by atoms with Crippen LogP contribution in [0.5, 0.6) is 0 Å². The van der Waals surface area contributed by atoms with Crippen LogP contribution < -0.4 is 0 Å². The standard InChI is InChI=1S/C11H22O3/c1-2-10(12)6-5-8-11(13)7-3-4-9-14-11/h10,12-13H,2-9H2,1H3/t10-,11?/m1/s1. The summed E-state index contributed by atoms with van der Waals surface area (Å²) >= 11 is 0. The van der Waals surface area contributed by atoms with Crippen molar-refractivity contribution in [2.75, 3.05) is 6.61 Å². The lowest BCUT2D eigenvalue weighted by Gasteiger charge is -2.32. The molecule has 1 heterocycles. The second kappa shape index (κ2) is 5.69. The highest BCUT2D eigenvalue weighted by Crippen LogP contribution is 2.27. The molecule has 14 heavy (non-hydrogen) atoms. The summed E-state index contributed by atoms with van der Waals surface area (Å²) in [4.78, 5) is 0. The van der Waals surface area contributed by atoms with Gasteiger partial charge in [-0.15, -0.1) is 0 Å². The summed E-state index contributed by atoms with van der Waals surface area (Å²) in [5, 5.41) is 19.3. The van der Waals surface area contributed by atoms with Crippen LogP contribution in [-0.2, 0) is 4.74 Å². The molecule has 0 bridgehead atoms. The molecule has 0 aliphatic carbocycles. The number of hydrogen-bond donors (Lipinski definition) is 2. The third-order valence-electron chi connectivity index (χ3n) is 2.91. The molecule has 1 aliphatic rings. The maximum Gasteiger partial charge on any atom is 0.165 e. The van der Waals surface area contributed by atoms with E-state index in [1.54, 1.807) is 0 Å². The summed E-state index contributed by atoms with van der Waals surface area (Å²) in [5.74, 6) is -0.897. The zero-order valence-electron chi connectivity index (χ0n) is 9.04. The van der Waals surface area contributed by atoms with E-state index in [0.717, 1.165) is 38.5 Å². The number of hydrogen-bond acceptors (Lipinski definition) is 3. The molecule has 3 heteroatoms. The van der Waals surface area contributed by atoms with Gasteiger partial charge in [-0.3, -0.25) is 0 Å². The first kappa shape index (κ1) is 12.0. The molecule has 1 rings (SSSR count). The number of ether oxygens (including phenoxy) is 1. The van der Waals surface area contributed by atoms with Crippen LogP contribution in [-0.4, -0.2) is 28.7 Å². The lowest BCUT2D eigenvalue weighted by atomic mass is 9.98. The van der Waals surface area contributed by atoms with Gasteiger partial charge >= 0.3 is 0 Å². The van der Waals surface area contributed by atoms with Crippen LogP contribution in [0.25, 0.3) is 0 Å². The van der Waals surface area contributed by atoms with Crippen molar-refractivity contribution >= 4 is 0 Å². The fourth-order valence-electron chi connectivity index (χ4n) is 1.85. The molecule has 0 saturated carbocycles. The molecule has 84 valence electrons. The maximum atomic E-state index is 9.95. The summed E-state index contributed by atoms with van der Waals surface area (Å²) in [5.41, 5.74) is 0. The Morgan fingerprint density at radius 3 is 2.79 bits per heavy atom. The minimum Gasteiger partial charge on any atom is -0.393 e. The van der Waals surface area contributed by atoms with E-state index in [0.29, 0.717) is 13.0 Å².